The summed E-state index contributed by atoms with van der Waals surface area (Å²) >= 11 is 0. The van der Waals surface area contributed by atoms with Gasteiger partial charge >= 0.3 is 5.69 Å². The van der Waals surface area contributed by atoms with Gasteiger partial charge in [0.2, 0.25) is 0 Å². The highest BCUT2D eigenvalue weighted by atomic mass is 19.1. The summed E-state index contributed by atoms with van der Waals surface area (Å²) in [6.45, 7) is 1.56. The Morgan fingerprint density at radius 2 is 1.93 bits per heavy atom. The average Bonchev–Trinajstić information content (AvgIpc) is 2.66. The lowest BCUT2D eigenvalue weighted by Gasteiger charge is -2.14. The molecule has 3 aromatic rings. The molecule has 0 bridgehead atoms. The smallest absolute Gasteiger partial charge is 0.332 e. The Kier molecular flexibility index (Phi) is 4.95. The molecule has 2 aromatic heterocycles. The molecule has 0 fully saturated rings. The fraction of sp³-hybridized carbons (Fsp3) is 0.278. The third-order valence-corrected chi connectivity index (χ3v) is 4.41. The van der Waals surface area contributed by atoms with Gasteiger partial charge in [-0.15, -0.1) is 0 Å². The quantitative estimate of drug-likeness (QED) is 0.627. The number of nitrogens with zero attached hydrogens (tertiary/aromatic N) is 4. The molecule has 1 aromatic carbocycles. The first kappa shape index (κ1) is 19.2. The number of nitrogens with two attached hydrogens (primary N) is 1. The molecule has 28 heavy (non-hydrogen) atoms. The summed E-state index contributed by atoms with van der Waals surface area (Å²) in [4.78, 5) is 53.9. The Balaban J connectivity index is 2.10. The van der Waals surface area contributed by atoms with Crippen molar-refractivity contribution < 1.29 is 9.18 Å². The first-order chi connectivity index (χ1) is 13.3. The topological polar surface area (TPSA) is 122 Å². The molecule has 0 aliphatic carbocycles. The second-order valence-electron chi connectivity index (χ2n) is 6.32. The van der Waals surface area contributed by atoms with Crippen molar-refractivity contribution in [2.75, 3.05) is 5.73 Å². The average molecular weight is 387 g/mol. The van der Waals surface area contributed by atoms with E-state index in [1.807, 2.05) is 6.92 Å². The highest BCUT2D eigenvalue weighted by Crippen LogP contribution is 2.10. The Morgan fingerprint density at radius 3 is 2.61 bits per heavy atom. The molecule has 0 radical (unpaired) electrons. The van der Waals surface area contributed by atoms with Gasteiger partial charge < -0.3 is 5.73 Å². The molecule has 2 heterocycles. The summed E-state index contributed by atoms with van der Waals surface area (Å²) in [5, 5.41) is 0.133. The van der Waals surface area contributed by atoms with Gasteiger partial charge in [-0.05, 0) is 18.6 Å². The van der Waals surface area contributed by atoms with Crippen LogP contribution in [0, 0.1) is 5.82 Å². The zero-order valence-electron chi connectivity index (χ0n) is 15.3. The van der Waals surface area contributed by atoms with Crippen LogP contribution in [0.15, 0.2) is 38.9 Å². The number of aromatic nitrogens is 4. The van der Waals surface area contributed by atoms with Gasteiger partial charge in [0.1, 0.15) is 17.2 Å². The largest absolute Gasteiger partial charge is 0.384 e. The maximum atomic E-state index is 13.3. The van der Waals surface area contributed by atoms with Gasteiger partial charge in [-0.2, -0.15) is 0 Å². The minimum absolute atomic E-state index is 0.133. The lowest BCUT2D eigenvalue weighted by Crippen LogP contribution is -2.43. The number of hydrogen-bond donors (Lipinski definition) is 1. The van der Waals surface area contributed by atoms with Gasteiger partial charge in [0.25, 0.3) is 11.1 Å². The predicted molar refractivity (Wildman–Crippen MR) is 101 cm³/mol. The fourth-order valence-corrected chi connectivity index (χ4v) is 2.96. The molecule has 2 N–H and O–H groups in total. The van der Waals surface area contributed by atoms with E-state index >= 15 is 0 Å². The zero-order chi connectivity index (χ0) is 20.6. The Bertz CT molecular complexity index is 1270. The van der Waals surface area contributed by atoms with E-state index in [4.69, 9.17) is 5.73 Å². The second kappa shape index (κ2) is 7.22. The minimum atomic E-state index is -0.830. The van der Waals surface area contributed by atoms with Crippen LogP contribution >= 0.6 is 0 Å². The molecule has 0 saturated heterocycles. The van der Waals surface area contributed by atoms with Gasteiger partial charge in [0.15, 0.2) is 5.78 Å². The number of rotatable bonds is 5. The molecule has 0 atom stereocenters. The Morgan fingerprint density at radius 1 is 1.21 bits per heavy atom. The maximum absolute atomic E-state index is 13.3. The third kappa shape index (κ3) is 3.13. The van der Waals surface area contributed by atoms with Gasteiger partial charge in [-0.25, -0.2) is 14.2 Å². The molecule has 9 nitrogen and oxygen atoms in total. The molecule has 0 aliphatic heterocycles. The van der Waals surface area contributed by atoms with Gasteiger partial charge in [0, 0.05) is 19.7 Å². The van der Waals surface area contributed by atoms with E-state index < -0.39 is 35.0 Å². The molecule has 10 heteroatoms. The van der Waals surface area contributed by atoms with Gasteiger partial charge in [-0.3, -0.25) is 28.1 Å². The molecule has 0 spiro atoms. The number of carbonyl (C=O) groups excluding carboxylic acids is 1. The molecule has 0 amide bonds. The van der Waals surface area contributed by atoms with E-state index in [-0.39, 0.29) is 28.8 Å². The molecule has 146 valence electrons. The van der Waals surface area contributed by atoms with E-state index in [1.165, 1.54) is 13.1 Å². The summed E-state index contributed by atoms with van der Waals surface area (Å²) in [6.07, 6.45) is 1.67. The van der Waals surface area contributed by atoms with E-state index in [2.05, 4.69) is 4.98 Å². The van der Waals surface area contributed by atoms with Gasteiger partial charge in [-0.1, -0.05) is 6.92 Å². The molecule has 0 unspecified atom stereocenters. The van der Waals surface area contributed by atoms with Crippen LogP contribution in [-0.2, 0) is 20.1 Å². The maximum Gasteiger partial charge on any atom is 0.332 e. The molecule has 3 rings (SSSR count). The van der Waals surface area contributed by atoms with Crippen LogP contribution < -0.4 is 22.5 Å². The summed E-state index contributed by atoms with van der Waals surface area (Å²) in [6, 6.07) is 3.50. The van der Waals surface area contributed by atoms with E-state index in [1.54, 1.807) is 0 Å². The van der Waals surface area contributed by atoms with Crippen molar-refractivity contribution in [2.45, 2.75) is 26.4 Å². The number of carbonyl (C=O) groups is 1. The first-order valence-electron chi connectivity index (χ1n) is 8.53. The highest BCUT2D eigenvalue weighted by molar-refractivity contribution is 5.99. The number of fused-ring (bicyclic) bond motifs is 1. The van der Waals surface area contributed by atoms with Crippen molar-refractivity contribution in [1.29, 1.82) is 0 Å². The van der Waals surface area contributed by atoms with Crippen molar-refractivity contribution in [1.82, 2.24) is 18.7 Å². The number of nitrogen functional groups attached to an aromatic ring is 1. The summed E-state index contributed by atoms with van der Waals surface area (Å²) in [7, 11) is 1.26. The van der Waals surface area contributed by atoms with E-state index in [9.17, 15) is 23.6 Å². The van der Waals surface area contributed by atoms with Crippen LogP contribution in [0.4, 0.5) is 10.2 Å². The van der Waals surface area contributed by atoms with Crippen LogP contribution in [0.1, 0.15) is 23.7 Å². The van der Waals surface area contributed by atoms with Crippen molar-refractivity contribution in [3.8, 4) is 0 Å². The van der Waals surface area contributed by atoms with Crippen LogP contribution in [-0.4, -0.2) is 24.5 Å². The number of halogens is 1. The van der Waals surface area contributed by atoms with Crippen molar-refractivity contribution in [3.63, 3.8) is 0 Å². The van der Waals surface area contributed by atoms with Gasteiger partial charge in [0.05, 0.1) is 23.8 Å². The standard InChI is InChI=1S/C18H18FN5O4/c1-3-6-24-15(20)14(17(27)22(2)18(24)28)13(25)8-23-9-21-12-7-10(19)4-5-11(12)16(23)26/h4-5,7,9H,3,6,8,20H2,1-2H3. The number of ketones is 1. The SMILES string of the molecule is CCCn1c(N)c(C(=O)Cn2cnc3cc(F)ccc3c2=O)c(=O)n(C)c1=O. The van der Waals surface area contributed by atoms with Crippen molar-refractivity contribution in [2.24, 2.45) is 7.05 Å². The lowest BCUT2D eigenvalue weighted by molar-refractivity contribution is 0.0968. The fourth-order valence-electron chi connectivity index (χ4n) is 2.96. The van der Waals surface area contributed by atoms with E-state index in [0.717, 1.165) is 32.2 Å². The van der Waals surface area contributed by atoms with Crippen LogP contribution in [0.2, 0.25) is 0 Å². The number of anilines is 1. The summed E-state index contributed by atoms with van der Waals surface area (Å²) < 4.78 is 16.2. The summed E-state index contributed by atoms with van der Waals surface area (Å²) in [5.74, 6) is -1.50. The number of Topliss-reactive ketones (excluding diaryl/α,β-unsaturated/α-hetero) is 1. The molecular formula is C18H18FN5O4. The van der Waals surface area contributed by atoms with E-state index in [0.29, 0.717) is 6.42 Å². The molecular weight excluding hydrogens is 369 g/mol. The van der Waals surface area contributed by atoms with Crippen LogP contribution in [0.25, 0.3) is 10.9 Å². The molecule has 0 aliphatic rings. The first-order valence-corrected chi connectivity index (χ1v) is 8.53. The predicted octanol–water partition coefficient (Wildman–Crippen LogP) is 0.271. The Hall–Kier alpha value is -3.56. The third-order valence-electron chi connectivity index (χ3n) is 4.41. The molecule has 0 saturated carbocycles. The minimum Gasteiger partial charge on any atom is -0.384 e. The van der Waals surface area contributed by atoms with Crippen molar-refractivity contribution >= 4 is 22.5 Å². The summed E-state index contributed by atoms with van der Waals surface area (Å²) in [5.41, 5.74) is 3.71. The highest BCUT2D eigenvalue weighted by Gasteiger charge is 2.22. The second-order valence-corrected chi connectivity index (χ2v) is 6.32. The monoisotopic (exact) mass is 387 g/mol. The zero-order valence-corrected chi connectivity index (χ0v) is 15.3. The van der Waals surface area contributed by atoms with Crippen LogP contribution in [0.5, 0.6) is 0 Å². The van der Waals surface area contributed by atoms with Crippen LogP contribution in [0.3, 0.4) is 0 Å². The number of hydrogen-bond acceptors (Lipinski definition) is 6. The van der Waals surface area contributed by atoms with Crippen molar-refractivity contribution in [3.05, 3.63) is 67.1 Å². The number of benzene rings is 1. The Labute approximate surface area is 157 Å². The normalized spacial score (nSPS) is 11.1. The lowest BCUT2D eigenvalue weighted by atomic mass is 10.1.